The molecule has 1 saturated carbocycles. The smallest absolute Gasteiger partial charge is 0.407 e. The summed E-state index contributed by atoms with van der Waals surface area (Å²) in [6.45, 7) is 10.2. The average molecular weight is 298 g/mol. The van der Waals surface area contributed by atoms with Gasteiger partial charge < -0.3 is 20.1 Å². The highest BCUT2D eigenvalue weighted by atomic mass is 16.6. The summed E-state index contributed by atoms with van der Waals surface area (Å²) in [7, 11) is 0. The molecule has 2 rings (SSSR count). The minimum absolute atomic E-state index is 0.0666. The molecule has 2 N–H and O–H groups in total. The molecule has 2 unspecified atom stereocenters. The third-order valence-corrected chi connectivity index (χ3v) is 4.23. The van der Waals surface area contributed by atoms with Crippen molar-refractivity contribution >= 4 is 6.09 Å². The molecular weight excluding hydrogens is 268 g/mol. The van der Waals surface area contributed by atoms with Gasteiger partial charge in [0.05, 0.1) is 6.10 Å². The van der Waals surface area contributed by atoms with Crippen LogP contribution in [0.3, 0.4) is 0 Å². The normalized spacial score (nSPS) is 25.4. The maximum absolute atomic E-state index is 11.8. The van der Waals surface area contributed by atoms with Gasteiger partial charge in [0.2, 0.25) is 0 Å². The van der Waals surface area contributed by atoms with E-state index in [0.29, 0.717) is 18.6 Å². The Kier molecular flexibility index (Phi) is 5.15. The quantitative estimate of drug-likeness (QED) is 0.791. The molecule has 21 heavy (non-hydrogen) atoms. The molecule has 0 radical (unpaired) electrons. The van der Waals surface area contributed by atoms with Crippen LogP contribution in [0.25, 0.3) is 0 Å². The standard InChI is InChI=1S/C16H30N2O3/c1-15(2,3)21-14(19)17-11-16(4,12-7-8-12)18-10-13-6-5-9-20-13/h12-13,18H,5-11H2,1-4H3,(H,17,19). The molecule has 2 aliphatic rings. The number of ether oxygens (including phenoxy) is 2. The fraction of sp³-hybridized carbons (Fsp3) is 0.938. The summed E-state index contributed by atoms with van der Waals surface area (Å²) in [5, 5.41) is 6.53. The lowest BCUT2D eigenvalue weighted by molar-refractivity contribution is 0.0502. The van der Waals surface area contributed by atoms with Crippen molar-refractivity contribution < 1.29 is 14.3 Å². The zero-order valence-corrected chi connectivity index (χ0v) is 13.8. The molecule has 2 fully saturated rings. The lowest BCUT2D eigenvalue weighted by atomic mass is 9.95. The molecule has 0 aromatic carbocycles. The molecule has 0 aromatic rings. The zero-order valence-electron chi connectivity index (χ0n) is 13.8. The molecule has 1 amide bonds. The molecule has 122 valence electrons. The Morgan fingerprint density at radius 2 is 1.95 bits per heavy atom. The number of hydrogen-bond acceptors (Lipinski definition) is 4. The van der Waals surface area contributed by atoms with Gasteiger partial charge in [-0.2, -0.15) is 0 Å². The van der Waals surface area contributed by atoms with E-state index in [1.165, 1.54) is 12.8 Å². The first kappa shape index (κ1) is 16.6. The molecule has 1 saturated heterocycles. The van der Waals surface area contributed by atoms with Crippen molar-refractivity contribution in [3.05, 3.63) is 0 Å². The molecule has 1 heterocycles. The first-order chi connectivity index (χ1) is 9.78. The number of alkyl carbamates (subject to hydrolysis) is 1. The number of hydrogen-bond donors (Lipinski definition) is 2. The van der Waals surface area contributed by atoms with E-state index in [9.17, 15) is 4.79 Å². The maximum atomic E-state index is 11.8. The highest BCUT2D eigenvalue weighted by Crippen LogP contribution is 2.39. The van der Waals surface area contributed by atoms with Crippen molar-refractivity contribution in [1.82, 2.24) is 10.6 Å². The lowest BCUT2D eigenvalue weighted by Crippen LogP contribution is -2.55. The summed E-state index contributed by atoms with van der Waals surface area (Å²) in [5.74, 6) is 0.633. The Hall–Kier alpha value is -0.810. The summed E-state index contributed by atoms with van der Waals surface area (Å²) < 4.78 is 11.0. The molecule has 5 heteroatoms. The van der Waals surface area contributed by atoms with E-state index < -0.39 is 5.60 Å². The van der Waals surface area contributed by atoms with Gasteiger partial charge in [-0.05, 0) is 59.3 Å². The highest BCUT2D eigenvalue weighted by molar-refractivity contribution is 5.67. The van der Waals surface area contributed by atoms with Crippen molar-refractivity contribution in [2.45, 2.75) is 70.6 Å². The van der Waals surface area contributed by atoms with E-state index in [4.69, 9.17) is 9.47 Å². The highest BCUT2D eigenvalue weighted by Gasteiger charge is 2.42. The van der Waals surface area contributed by atoms with Gasteiger partial charge in [-0.3, -0.25) is 0 Å². The Morgan fingerprint density at radius 1 is 1.24 bits per heavy atom. The van der Waals surface area contributed by atoms with Gasteiger partial charge in [0.1, 0.15) is 5.60 Å². The second-order valence-electron chi connectivity index (χ2n) is 7.56. The molecule has 5 nitrogen and oxygen atoms in total. The second-order valence-corrected chi connectivity index (χ2v) is 7.56. The maximum Gasteiger partial charge on any atom is 0.407 e. The molecule has 2 atom stereocenters. The van der Waals surface area contributed by atoms with Crippen molar-refractivity contribution in [2.75, 3.05) is 19.7 Å². The molecule has 0 bridgehead atoms. The van der Waals surface area contributed by atoms with E-state index in [2.05, 4.69) is 17.6 Å². The topological polar surface area (TPSA) is 59.6 Å². The first-order valence-electron chi connectivity index (χ1n) is 8.12. The summed E-state index contributed by atoms with van der Waals surface area (Å²) in [6.07, 6.45) is 4.73. The van der Waals surface area contributed by atoms with Crippen LogP contribution in [0.15, 0.2) is 0 Å². The van der Waals surface area contributed by atoms with Crippen LogP contribution < -0.4 is 10.6 Å². The Bertz CT molecular complexity index is 357. The van der Waals surface area contributed by atoms with Gasteiger partial charge in [0.15, 0.2) is 0 Å². The number of rotatable bonds is 6. The monoisotopic (exact) mass is 298 g/mol. The van der Waals surface area contributed by atoms with Crippen LogP contribution in [-0.2, 0) is 9.47 Å². The third kappa shape index (κ3) is 5.47. The first-order valence-corrected chi connectivity index (χ1v) is 8.12. The number of carbonyl (C=O) groups excluding carboxylic acids is 1. The van der Waals surface area contributed by atoms with Crippen LogP contribution in [-0.4, -0.2) is 43.0 Å². The van der Waals surface area contributed by atoms with Gasteiger partial charge >= 0.3 is 6.09 Å². The van der Waals surface area contributed by atoms with Crippen molar-refractivity contribution in [2.24, 2.45) is 5.92 Å². The second kappa shape index (κ2) is 6.53. The minimum atomic E-state index is -0.453. The van der Waals surface area contributed by atoms with E-state index in [1.54, 1.807) is 0 Å². The van der Waals surface area contributed by atoms with Gasteiger partial charge in [-0.1, -0.05) is 0 Å². The Morgan fingerprint density at radius 3 is 2.48 bits per heavy atom. The SMILES string of the molecule is CC(C)(C)OC(=O)NCC(C)(NCC1CCCO1)C1CC1. The van der Waals surface area contributed by atoms with Crippen LogP contribution in [0, 0.1) is 5.92 Å². The number of carbonyl (C=O) groups is 1. The predicted octanol–water partition coefficient (Wildman–Crippen LogP) is 2.45. The number of nitrogens with one attached hydrogen (secondary N) is 2. The van der Waals surface area contributed by atoms with E-state index in [0.717, 1.165) is 26.0 Å². The predicted molar refractivity (Wildman–Crippen MR) is 82.3 cm³/mol. The zero-order chi connectivity index (χ0) is 15.5. The number of amides is 1. The Labute approximate surface area is 128 Å². The summed E-state index contributed by atoms with van der Waals surface area (Å²) >= 11 is 0. The van der Waals surface area contributed by atoms with Crippen LogP contribution in [0.5, 0.6) is 0 Å². The fourth-order valence-electron chi connectivity index (χ4n) is 2.79. The van der Waals surface area contributed by atoms with E-state index >= 15 is 0 Å². The van der Waals surface area contributed by atoms with Crippen LogP contribution in [0.4, 0.5) is 4.79 Å². The molecule has 1 aliphatic heterocycles. The molecule has 0 aromatic heterocycles. The van der Waals surface area contributed by atoms with Crippen molar-refractivity contribution in [3.8, 4) is 0 Å². The summed E-state index contributed by atoms with van der Waals surface area (Å²) in [4.78, 5) is 11.8. The largest absolute Gasteiger partial charge is 0.444 e. The molecular formula is C16H30N2O3. The van der Waals surface area contributed by atoms with E-state index in [-0.39, 0.29) is 11.6 Å². The fourth-order valence-corrected chi connectivity index (χ4v) is 2.79. The van der Waals surface area contributed by atoms with E-state index in [1.807, 2.05) is 20.8 Å². The summed E-state index contributed by atoms with van der Waals surface area (Å²) in [5.41, 5.74) is -0.520. The summed E-state index contributed by atoms with van der Waals surface area (Å²) in [6, 6.07) is 0. The Balaban J connectivity index is 1.78. The third-order valence-electron chi connectivity index (χ3n) is 4.23. The van der Waals surface area contributed by atoms with Gasteiger partial charge in [0, 0.05) is 25.2 Å². The minimum Gasteiger partial charge on any atom is -0.444 e. The van der Waals surface area contributed by atoms with Gasteiger partial charge in [-0.25, -0.2) is 4.79 Å². The molecule has 1 aliphatic carbocycles. The van der Waals surface area contributed by atoms with Gasteiger partial charge in [-0.15, -0.1) is 0 Å². The van der Waals surface area contributed by atoms with Crippen LogP contribution >= 0.6 is 0 Å². The molecule has 0 spiro atoms. The van der Waals surface area contributed by atoms with Crippen LogP contribution in [0.2, 0.25) is 0 Å². The lowest BCUT2D eigenvalue weighted by Gasteiger charge is -2.33. The van der Waals surface area contributed by atoms with Crippen LogP contribution in [0.1, 0.15) is 53.4 Å². The average Bonchev–Trinajstić information content (AvgIpc) is 3.10. The van der Waals surface area contributed by atoms with Gasteiger partial charge in [0.25, 0.3) is 0 Å². The van der Waals surface area contributed by atoms with Crippen molar-refractivity contribution in [3.63, 3.8) is 0 Å². The van der Waals surface area contributed by atoms with Crippen molar-refractivity contribution in [1.29, 1.82) is 0 Å².